The summed E-state index contributed by atoms with van der Waals surface area (Å²) in [5.74, 6) is 0.579. The van der Waals surface area contributed by atoms with E-state index >= 15 is 0 Å². The monoisotopic (exact) mass is 837 g/mol. The number of aromatic nitrogens is 1. The summed E-state index contributed by atoms with van der Waals surface area (Å²) in [5, 5.41) is 15.8. The molecule has 4 rings (SSSR count). The third-order valence-electron chi connectivity index (χ3n) is 9.10. The van der Waals surface area contributed by atoms with E-state index in [1.807, 2.05) is 38.1 Å². The maximum absolute atomic E-state index is 12.8. The summed E-state index contributed by atoms with van der Waals surface area (Å²) in [6, 6.07) is 16.3. The van der Waals surface area contributed by atoms with E-state index in [4.69, 9.17) is 46.9 Å². The second kappa shape index (κ2) is 22.2. The number of aromatic carboxylic acids is 1. The number of carbonyl (C=O) groups excluding carboxylic acids is 2. The summed E-state index contributed by atoms with van der Waals surface area (Å²) in [7, 11) is 1.33. The number of alkyl carbamates (subject to hydrolysis) is 1. The van der Waals surface area contributed by atoms with Crippen LogP contribution in [0.4, 0.5) is 4.79 Å². The van der Waals surface area contributed by atoms with Crippen LogP contribution < -0.4 is 24.8 Å². The minimum absolute atomic E-state index is 0.00241. The number of carboxylic acid groups (broad SMARTS) is 1. The van der Waals surface area contributed by atoms with Gasteiger partial charge in [-0.25, -0.2) is 9.59 Å². The van der Waals surface area contributed by atoms with E-state index in [2.05, 4.69) is 27.8 Å². The number of esters is 1. The van der Waals surface area contributed by atoms with Crippen molar-refractivity contribution in [3.63, 3.8) is 0 Å². The number of benzene rings is 3. The maximum Gasteiger partial charge on any atom is 0.407 e. The van der Waals surface area contributed by atoms with Crippen LogP contribution in [0.2, 0.25) is 5.02 Å². The number of pyridine rings is 1. The van der Waals surface area contributed by atoms with Crippen molar-refractivity contribution < 1.29 is 43.2 Å². The molecule has 58 heavy (non-hydrogen) atoms. The predicted molar refractivity (Wildman–Crippen MR) is 224 cm³/mol. The number of nitrogens with one attached hydrogen (secondary N) is 2. The number of unbranched alkanes of at least 4 members (excludes halogenated alkanes) is 1. The first kappa shape index (κ1) is 45.7. The van der Waals surface area contributed by atoms with Crippen molar-refractivity contribution in [2.45, 2.75) is 91.7 Å². The highest BCUT2D eigenvalue weighted by Gasteiger charge is 2.21. The van der Waals surface area contributed by atoms with Crippen LogP contribution in [0.3, 0.4) is 0 Å². The highest BCUT2D eigenvalue weighted by molar-refractivity contribution is 6.32. The van der Waals surface area contributed by atoms with Gasteiger partial charge < -0.3 is 39.4 Å². The van der Waals surface area contributed by atoms with Gasteiger partial charge in [0.25, 0.3) is 0 Å². The molecule has 0 saturated carbocycles. The number of hydrogen-bond donors (Lipinski definition) is 3. The molecule has 312 valence electrons. The van der Waals surface area contributed by atoms with E-state index in [1.54, 1.807) is 32.9 Å². The highest BCUT2D eigenvalue weighted by atomic mass is 35.5. The maximum atomic E-state index is 12.8. The van der Waals surface area contributed by atoms with Crippen molar-refractivity contribution in [3.8, 4) is 28.4 Å². The summed E-state index contributed by atoms with van der Waals surface area (Å²) in [4.78, 5) is 40.4. The average Bonchev–Trinajstić information content (AvgIpc) is 3.18. The summed E-state index contributed by atoms with van der Waals surface area (Å²) in [5.41, 5.74) is 5.72. The third kappa shape index (κ3) is 13.8. The smallest absolute Gasteiger partial charge is 0.407 e. The zero-order chi connectivity index (χ0) is 42.2. The summed E-state index contributed by atoms with van der Waals surface area (Å²) >= 11 is 12.7. The SMILES string of the molecule is COC(=O)[C@H](CCCCNC(=O)OC(C)(C)C)NCc1cc(Cl)c(OCc2cccc(-c3cccc(OCCCCl)c3C)c2C)cc1OCc1cncc(C(=O)O)c1. The molecule has 1 heterocycles. The number of halogens is 2. The molecular formula is C44H53Cl2N3O9. The van der Waals surface area contributed by atoms with Crippen LogP contribution >= 0.6 is 23.2 Å². The topological polar surface area (TPSA) is 155 Å². The Hall–Kier alpha value is -5.04. The number of amides is 1. The number of ether oxygens (including phenoxy) is 5. The number of methoxy groups -OCH3 is 1. The van der Waals surface area contributed by atoms with Gasteiger partial charge in [-0.1, -0.05) is 41.9 Å². The second-order valence-electron chi connectivity index (χ2n) is 14.6. The average molecular weight is 839 g/mol. The van der Waals surface area contributed by atoms with Gasteiger partial charge in [-0.2, -0.15) is 0 Å². The first-order chi connectivity index (χ1) is 27.7. The summed E-state index contributed by atoms with van der Waals surface area (Å²) < 4.78 is 29.0. The molecule has 14 heteroatoms. The van der Waals surface area contributed by atoms with E-state index in [-0.39, 0.29) is 25.3 Å². The molecule has 0 spiro atoms. The van der Waals surface area contributed by atoms with Crippen molar-refractivity contribution in [3.05, 3.63) is 105 Å². The molecule has 0 aliphatic carbocycles. The van der Waals surface area contributed by atoms with Crippen LogP contribution in [0.5, 0.6) is 17.2 Å². The molecule has 4 aromatic rings. The zero-order valence-corrected chi connectivity index (χ0v) is 35.4. The highest BCUT2D eigenvalue weighted by Crippen LogP contribution is 2.36. The van der Waals surface area contributed by atoms with Crippen molar-refractivity contribution in [2.24, 2.45) is 0 Å². The van der Waals surface area contributed by atoms with Gasteiger partial charge in [0.2, 0.25) is 0 Å². The Kier molecular flexibility index (Phi) is 17.5. The molecule has 1 aromatic heterocycles. The van der Waals surface area contributed by atoms with Gasteiger partial charge in [0, 0.05) is 48.6 Å². The van der Waals surface area contributed by atoms with E-state index in [9.17, 15) is 19.5 Å². The number of hydrogen-bond acceptors (Lipinski definition) is 10. The quantitative estimate of drug-likeness (QED) is 0.0418. The Morgan fingerprint density at radius 3 is 2.28 bits per heavy atom. The third-order valence-corrected chi connectivity index (χ3v) is 9.67. The standard InChI is InChI=1S/C44H53Cl2N3O9/c1-28-31(12-9-13-34(28)35-14-10-16-38(29(35)2)55-19-11-17-45)27-57-40-22-39(56-26-30-20-33(41(50)51)24-47-23-30)32(21-36(40)46)25-49-37(42(52)54-6)15-7-8-18-48-43(53)58-44(3,4)5/h9-10,12-14,16,20-24,37,49H,7-8,11,15,17-19,25-27H2,1-6H3,(H,48,53)(H,50,51)/t37-/m0/s1. The Balaban J connectivity index is 1.53. The Morgan fingerprint density at radius 1 is 0.845 bits per heavy atom. The molecule has 12 nitrogen and oxygen atoms in total. The zero-order valence-electron chi connectivity index (χ0n) is 33.9. The van der Waals surface area contributed by atoms with Crippen molar-refractivity contribution in [2.75, 3.05) is 26.1 Å². The second-order valence-corrected chi connectivity index (χ2v) is 15.4. The number of carbonyl (C=O) groups is 3. The minimum atomic E-state index is -1.10. The first-order valence-electron chi connectivity index (χ1n) is 19.1. The molecule has 0 radical (unpaired) electrons. The molecule has 0 fully saturated rings. The Morgan fingerprint density at radius 2 is 1.57 bits per heavy atom. The van der Waals surface area contributed by atoms with Crippen molar-refractivity contribution in [1.29, 1.82) is 0 Å². The van der Waals surface area contributed by atoms with Crippen LogP contribution in [0, 0.1) is 13.8 Å². The normalized spacial score (nSPS) is 11.7. The lowest BCUT2D eigenvalue weighted by Gasteiger charge is -2.20. The van der Waals surface area contributed by atoms with Gasteiger partial charge in [0.05, 0.1) is 24.3 Å². The fourth-order valence-corrected chi connectivity index (χ4v) is 6.40. The molecule has 3 aromatic carbocycles. The van der Waals surface area contributed by atoms with Crippen LogP contribution in [0.25, 0.3) is 11.1 Å². The molecule has 1 atom stereocenters. The van der Waals surface area contributed by atoms with E-state index < -0.39 is 29.7 Å². The molecule has 1 amide bonds. The van der Waals surface area contributed by atoms with Crippen molar-refractivity contribution >= 4 is 41.2 Å². The van der Waals surface area contributed by atoms with E-state index in [1.165, 1.54) is 25.6 Å². The first-order valence-corrected chi connectivity index (χ1v) is 20.0. The van der Waals surface area contributed by atoms with Crippen LogP contribution in [-0.4, -0.2) is 65.9 Å². The molecular weight excluding hydrogens is 785 g/mol. The van der Waals surface area contributed by atoms with Gasteiger partial charge in [-0.3, -0.25) is 9.78 Å². The van der Waals surface area contributed by atoms with Crippen molar-refractivity contribution in [1.82, 2.24) is 15.6 Å². The lowest BCUT2D eigenvalue weighted by Crippen LogP contribution is -2.37. The van der Waals surface area contributed by atoms with Gasteiger partial charge in [0.1, 0.15) is 42.1 Å². The number of nitrogens with zero attached hydrogens (tertiary/aromatic N) is 1. The molecule has 0 saturated heterocycles. The molecule has 0 bridgehead atoms. The molecule has 0 aliphatic heterocycles. The largest absolute Gasteiger partial charge is 0.493 e. The number of carboxylic acids is 1. The lowest BCUT2D eigenvalue weighted by atomic mass is 9.93. The van der Waals surface area contributed by atoms with Gasteiger partial charge >= 0.3 is 18.0 Å². The number of rotatable bonds is 21. The van der Waals surface area contributed by atoms with Gasteiger partial charge in [0.15, 0.2) is 0 Å². The van der Waals surface area contributed by atoms with E-state index in [0.29, 0.717) is 65.9 Å². The van der Waals surface area contributed by atoms with Crippen LogP contribution in [-0.2, 0) is 34.0 Å². The van der Waals surface area contributed by atoms with Gasteiger partial charge in [-0.15, -0.1) is 11.6 Å². The fourth-order valence-electron chi connectivity index (χ4n) is 6.05. The lowest BCUT2D eigenvalue weighted by molar-refractivity contribution is -0.143. The fraction of sp³-hybridized carbons (Fsp3) is 0.409. The molecule has 0 unspecified atom stereocenters. The summed E-state index contributed by atoms with van der Waals surface area (Å²) in [6.07, 6.45) is 4.71. The Bertz CT molecular complexity index is 2020. The minimum Gasteiger partial charge on any atom is -0.493 e. The number of alkyl halides is 1. The van der Waals surface area contributed by atoms with Crippen LogP contribution in [0.15, 0.2) is 67.0 Å². The van der Waals surface area contributed by atoms with Gasteiger partial charge in [-0.05, 0) is 106 Å². The summed E-state index contributed by atoms with van der Waals surface area (Å²) in [6.45, 7) is 10.8. The Labute approximate surface area is 350 Å². The predicted octanol–water partition coefficient (Wildman–Crippen LogP) is 9.21. The molecule has 3 N–H and O–H groups in total. The van der Waals surface area contributed by atoms with E-state index in [0.717, 1.165) is 40.0 Å². The van der Waals surface area contributed by atoms with Crippen LogP contribution in [0.1, 0.15) is 84.6 Å². The molecule has 0 aliphatic rings.